The smallest absolute Gasteiger partial charge is 0.430 e. The molecule has 3 aromatic rings. The molecule has 0 saturated carbocycles. The molecule has 1 saturated heterocycles. The first kappa shape index (κ1) is 27.9. The lowest BCUT2D eigenvalue weighted by Gasteiger charge is -2.34. The van der Waals surface area contributed by atoms with Crippen LogP contribution in [0.2, 0.25) is 0 Å². The zero-order valence-electron chi connectivity index (χ0n) is 20.6. The van der Waals surface area contributed by atoms with Crippen molar-refractivity contribution in [2.75, 3.05) is 33.3 Å². The molecular formula is C27H27F6N3O2. The molecule has 0 unspecified atom stereocenters. The highest BCUT2D eigenvalue weighted by Gasteiger charge is 2.71. The molecule has 11 heteroatoms. The third kappa shape index (κ3) is 5.95. The van der Waals surface area contributed by atoms with Crippen LogP contribution in [0, 0.1) is 0 Å². The summed E-state index contributed by atoms with van der Waals surface area (Å²) in [7, 11) is 1.58. The molecule has 1 aliphatic heterocycles. The summed E-state index contributed by atoms with van der Waals surface area (Å²) in [5, 5.41) is 9.55. The molecule has 1 aromatic heterocycles. The van der Waals surface area contributed by atoms with Gasteiger partial charge in [-0.05, 0) is 22.3 Å². The Morgan fingerprint density at radius 2 is 1.16 bits per heavy atom. The van der Waals surface area contributed by atoms with Crippen molar-refractivity contribution in [3.63, 3.8) is 0 Å². The van der Waals surface area contributed by atoms with E-state index in [1.165, 1.54) is 0 Å². The SMILES string of the molecule is COc1ccc(CN2CCN(Cc3ccc(-c4ccc(C(O)(C(F)(F)F)C(F)(F)F)cc4)cc3)CC2)cn1. The van der Waals surface area contributed by atoms with Gasteiger partial charge in [0.05, 0.1) is 7.11 Å². The molecular weight excluding hydrogens is 512 g/mol. The maximum Gasteiger partial charge on any atom is 0.430 e. The van der Waals surface area contributed by atoms with E-state index in [0.29, 0.717) is 29.1 Å². The zero-order chi connectivity index (χ0) is 27.6. The fourth-order valence-electron chi connectivity index (χ4n) is 4.44. The van der Waals surface area contributed by atoms with Gasteiger partial charge in [-0.1, -0.05) is 54.6 Å². The monoisotopic (exact) mass is 539 g/mol. The maximum absolute atomic E-state index is 13.1. The molecule has 4 rings (SSSR count). The number of piperazine rings is 1. The standard InChI is InChI=1S/C27H27F6N3O2/c1-38-24-11-4-20(16-34-24)18-36-14-12-35(13-15-36)17-19-2-5-21(6-3-19)22-7-9-23(10-8-22)25(37,26(28,29)30)27(31,32)33/h2-11,16,37H,12-15,17-18H2,1H3. The Balaban J connectivity index is 1.34. The highest BCUT2D eigenvalue weighted by atomic mass is 19.4. The van der Waals surface area contributed by atoms with Gasteiger partial charge < -0.3 is 9.84 Å². The topological polar surface area (TPSA) is 48.8 Å². The van der Waals surface area contributed by atoms with E-state index < -0.39 is 23.5 Å². The number of rotatable bonds is 7. The third-order valence-electron chi connectivity index (χ3n) is 6.69. The summed E-state index contributed by atoms with van der Waals surface area (Å²) < 4.78 is 83.7. The van der Waals surface area contributed by atoms with Crippen LogP contribution < -0.4 is 4.74 Å². The molecule has 1 fully saturated rings. The van der Waals surface area contributed by atoms with Crippen molar-refractivity contribution >= 4 is 0 Å². The number of ether oxygens (including phenoxy) is 1. The fraction of sp³-hybridized carbons (Fsp3) is 0.370. The van der Waals surface area contributed by atoms with Crippen LogP contribution in [0.15, 0.2) is 66.9 Å². The summed E-state index contributed by atoms with van der Waals surface area (Å²) >= 11 is 0. The Morgan fingerprint density at radius 3 is 1.58 bits per heavy atom. The Labute approximate surface area is 216 Å². The molecule has 2 heterocycles. The van der Waals surface area contributed by atoms with Crippen LogP contribution in [0.3, 0.4) is 0 Å². The molecule has 0 spiro atoms. The van der Waals surface area contributed by atoms with E-state index in [1.807, 2.05) is 30.5 Å². The van der Waals surface area contributed by atoms with Crippen LogP contribution in [-0.4, -0.2) is 65.5 Å². The number of pyridine rings is 1. The van der Waals surface area contributed by atoms with Crippen LogP contribution in [0.5, 0.6) is 5.88 Å². The Hall–Kier alpha value is -3.15. The molecule has 2 aromatic carbocycles. The number of benzene rings is 2. The molecule has 0 radical (unpaired) electrons. The van der Waals surface area contributed by atoms with Crippen LogP contribution in [0.25, 0.3) is 11.1 Å². The Morgan fingerprint density at radius 1 is 0.711 bits per heavy atom. The molecule has 0 aliphatic carbocycles. The van der Waals surface area contributed by atoms with E-state index in [0.717, 1.165) is 62.5 Å². The van der Waals surface area contributed by atoms with Gasteiger partial charge in [0.15, 0.2) is 0 Å². The molecule has 0 bridgehead atoms. The average Bonchev–Trinajstić information content (AvgIpc) is 2.89. The van der Waals surface area contributed by atoms with Gasteiger partial charge in [-0.2, -0.15) is 26.3 Å². The number of aromatic nitrogens is 1. The van der Waals surface area contributed by atoms with Crippen molar-refractivity contribution in [2.45, 2.75) is 31.0 Å². The van der Waals surface area contributed by atoms with E-state index in [1.54, 1.807) is 19.2 Å². The Kier molecular flexibility index (Phi) is 8.01. The summed E-state index contributed by atoms with van der Waals surface area (Å²) in [6, 6.07) is 14.8. The zero-order valence-corrected chi connectivity index (χ0v) is 20.6. The van der Waals surface area contributed by atoms with Crippen molar-refractivity contribution in [1.82, 2.24) is 14.8 Å². The molecule has 5 nitrogen and oxygen atoms in total. The fourth-order valence-corrected chi connectivity index (χ4v) is 4.44. The quantitative estimate of drug-likeness (QED) is 0.409. The number of nitrogens with zero attached hydrogens (tertiary/aromatic N) is 3. The predicted molar refractivity (Wildman–Crippen MR) is 129 cm³/mol. The number of methoxy groups -OCH3 is 1. The van der Waals surface area contributed by atoms with Gasteiger partial charge in [-0.25, -0.2) is 4.98 Å². The van der Waals surface area contributed by atoms with Crippen molar-refractivity contribution in [1.29, 1.82) is 0 Å². The minimum absolute atomic E-state index is 0.439. The van der Waals surface area contributed by atoms with Gasteiger partial charge in [-0.15, -0.1) is 0 Å². The summed E-state index contributed by atoms with van der Waals surface area (Å²) in [5.41, 5.74) is -2.97. The van der Waals surface area contributed by atoms with E-state index in [4.69, 9.17) is 4.74 Å². The van der Waals surface area contributed by atoms with Crippen molar-refractivity contribution in [3.8, 4) is 17.0 Å². The normalized spacial score (nSPS) is 16.0. The molecule has 0 atom stereocenters. The summed E-state index contributed by atoms with van der Waals surface area (Å²) in [5.74, 6) is 0.580. The Bertz CT molecular complexity index is 1170. The number of aliphatic hydroxyl groups is 1. The first-order valence-corrected chi connectivity index (χ1v) is 11.9. The van der Waals surface area contributed by atoms with E-state index in [-0.39, 0.29) is 0 Å². The van der Waals surface area contributed by atoms with Crippen LogP contribution in [0.4, 0.5) is 26.3 Å². The highest BCUT2D eigenvalue weighted by Crippen LogP contribution is 2.50. The second kappa shape index (κ2) is 10.9. The van der Waals surface area contributed by atoms with Crippen molar-refractivity contribution in [2.24, 2.45) is 0 Å². The number of hydrogen-bond donors (Lipinski definition) is 1. The van der Waals surface area contributed by atoms with Gasteiger partial charge in [0.25, 0.3) is 5.60 Å². The lowest BCUT2D eigenvalue weighted by atomic mass is 9.90. The predicted octanol–water partition coefficient (Wildman–Crippen LogP) is 5.39. The van der Waals surface area contributed by atoms with Gasteiger partial charge >= 0.3 is 12.4 Å². The minimum atomic E-state index is -5.91. The lowest BCUT2D eigenvalue weighted by Crippen LogP contribution is -2.53. The highest BCUT2D eigenvalue weighted by molar-refractivity contribution is 5.64. The second-order valence-corrected chi connectivity index (χ2v) is 9.24. The van der Waals surface area contributed by atoms with Gasteiger partial charge in [0.1, 0.15) is 0 Å². The number of hydrogen-bond acceptors (Lipinski definition) is 5. The van der Waals surface area contributed by atoms with Crippen LogP contribution in [-0.2, 0) is 18.7 Å². The maximum atomic E-state index is 13.1. The second-order valence-electron chi connectivity index (χ2n) is 9.24. The van der Waals surface area contributed by atoms with E-state index in [2.05, 4.69) is 14.8 Å². The van der Waals surface area contributed by atoms with Crippen molar-refractivity contribution in [3.05, 3.63) is 83.6 Å². The number of halogens is 6. The van der Waals surface area contributed by atoms with Crippen LogP contribution >= 0.6 is 0 Å². The molecule has 38 heavy (non-hydrogen) atoms. The molecule has 1 aliphatic rings. The largest absolute Gasteiger partial charge is 0.481 e. The van der Waals surface area contributed by atoms with E-state index >= 15 is 0 Å². The molecule has 1 N–H and O–H groups in total. The summed E-state index contributed by atoms with van der Waals surface area (Å²) in [4.78, 5) is 8.91. The lowest BCUT2D eigenvalue weighted by molar-refractivity contribution is -0.376. The molecule has 0 amide bonds. The van der Waals surface area contributed by atoms with Gasteiger partial charge in [-0.3, -0.25) is 9.80 Å². The van der Waals surface area contributed by atoms with E-state index in [9.17, 15) is 31.4 Å². The first-order valence-electron chi connectivity index (χ1n) is 11.9. The first-order chi connectivity index (χ1) is 17.9. The van der Waals surface area contributed by atoms with Crippen molar-refractivity contribution < 1.29 is 36.2 Å². The summed E-state index contributed by atoms with van der Waals surface area (Å²) in [6.45, 7) is 5.10. The molecule has 204 valence electrons. The van der Waals surface area contributed by atoms with Gasteiger partial charge in [0.2, 0.25) is 5.88 Å². The number of alkyl halides is 6. The van der Waals surface area contributed by atoms with Crippen LogP contribution in [0.1, 0.15) is 16.7 Å². The average molecular weight is 540 g/mol. The third-order valence-corrected chi connectivity index (χ3v) is 6.69. The summed E-state index contributed by atoms with van der Waals surface area (Å²) in [6.07, 6.45) is -10.0. The minimum Gasteiger partial charge on any atom is -0.481 e. The van der Waals surface area contributed by atoms with Gasteiger partial charge in [0, 0.05) is 57.1 Å².